The molecule has 0 amide bonds. The summed E-state index contributed by atoms with van der Waals surface area (Å²) in [6.07, 6.45) is 13.0. The summed E-state index contributed by atoms with van der Waals surface area (Å²) in [6, 6.07) is 7.43. The minimum Gasteiger partial charge on any atom is -0.493 e. The third-order valence-corrected chi connectivity index (χ3v) is 8.21. The van der Waals surface area contributed by atoms with E-state index in [0.717, 1.165) is 67.9 Å². The highest BCUT2D eigenvalue weighted by atomic mass is 16.5. The van der Waals surface area contributed by atoms with E-state index in [4.69, 9.17) is 9.47 Å². The molecule has 2 aliphatic carbocycles. The van der Waals surface area contributed by atoms with Crippen LogP contribution in [0.5, 0.6) is 11.5 Å². The first-order valence-electron chi connectivity index (χ1n) is 13.3. The number of tetrazole rings is 1. The smallest absolute Gasteiger partial charge is 0.173 e. The molecule has 1 aliphatic heterocycles. The van der Waals surface area contributed by atoms with Crippen LogP contribution < -0.4 is 9.47 Å². The fourth-order valence-electron chi connectivity index (χ4n) is 6.32. The quantitative estimate of drug-likeness (QED) is 0.602. The van der Waals surface area contributed by atoms with Gasteiger partial charge in [-0.05, 0) is 53.8 Å². The van der Waals surface area contributed by atoms with Crippen LogP contribution in [-0.2, 0) is 0 Å². The average molecular weight is 469 g/mol. The zero-order valence-electron chi connectivity index (χ0n) is 20.9. The molecule has 0 N–H and O–H groups in total. The van der Waals surface area contributed by atoms with Gasteiger partial charge in [0.25, 0.3) is 0 Å². The Balaban J connectivity index is 1.43. The summed E-state index contributed by atoms with van der Waals surface area (Å²) in [4.78, 5) is 5.30. The van der Waals surface area contributed by atoms with E-state index in [-0.39, 0.29) is 6.04 Å². The van der Waals surface area contributed by atoms with Gasteiger partial charge in [-0.15, -0.1) is 5.10 Å². The number of piperazine rings is 1. The summed E-state index contributed by atoms with van der Waals surface area (Å²) in [5.74, 6) is 2.46. The predicted molar refractivity (Wildman–Crippen MR) is 131 cm³/mol. The molecular weight excluding hydrogens is 428 g/mol. The Hall–Kier alpha value is -2.19. The Kier molecular flexibility index (Phi) is 7.64. The van der Waals surface area contributed by atoms with E-state index >= 15 is 0 Å². The number of nitrogens with zero attached hydrogens (tertiary/aromatic N) is 6. The van der Waals surface area contributed by atoms with Gasteiger partial charge in [0.15, 0.2) is 17.3 Å². The van der Waals surface area contributed by atoms with Gasteiger partial charge >= 0.3 is 0 Å². The minimum atomic E-state index is 0.00485. The standard InChI is InChI=1S/C26H40N6O2/c1-33-23-14-13-20(19-24(23)34-2)25(26-27-28-29-32(26)22-11-7-4-8-12-22)31-17-15-30(16-18-31)21-9-5-3-6-10-21/h13-14,19,21-22,25H,3-12,15-18H2,1-2H3/t25-/m0/s1. The highest BCUT2D eigenvalue weighted by molar-refractivity contribution is 5.45. The van der Waals surface area contributed by atoms with Crippen LogP contribution in [0.15, 0.2) is 18.2 Å². The van der Waals surface area contributed by atoms with Crippen LogP contribution in [0.25, 0.3) is 0 Å². The maximum Gasteiger partial charge on any atom is 0.173 e. The molecule has 0 bridgehead atoms. The number of rotatable bonds is 7. The van der Waals surface area contributed by atoms with E-state index in [2.05, 4.69) is 42.1 Å². The zero-order chi connectivity index (χ0) is 23.3. The van der Waals surface area contributed by atoms with Crippen molar-refractivity contribution in [3.8, 4) is 11.5 Å². The highest BCUT2D eigenvalue weighted by Gasteiger charge is 2.34. The van der Waals surface area contributed by atoms with Gasteiger partial charge < -0.3 is 9.47 Å². The molecule has 3 fully saturated rings. The lowest BCUT2D eigenvalue weighted by molar-refractivity contribution is 0.0612. The number of benzene rings is 1. The Bertz CT molecular complexity index is 914. The van der Waals surface area contributed by atoms with Crippen molar-refractivity contribution in [2.24, 2.45) is 0 Å². The van der Waals surface area contributed by atoms with Crippen LogP contribution in [0.1, 0.15) is 87.7 Å². The molecule has 5 rings (SSSR count). The van der Waals surface area contributed by atoms with Crippen LogP contribution >= 0.6 is 0 Å². The molecule has 8 nitrogen and oxygen atoms in total. The fourth-order valence-corrected chi connectivity index (χ4v) is 6.32. The molecule has 8 heteroatoms. The Morgan fingerprint density at radius 3 is 2.09 bits per heavy atom. The lowest BCUT2D eigenvalue weighted by atomic mass is 9.93. The second-order valence-electron chi connectivity index (χ2n) is 10.2. The molecular formula is C26H40N6O2. The molecule has 34 heavy (non-hydrogen) atoms. The van der Waals surface area contributed by atoms with E-state index in [0.29, 0.717) is 6.04 Å². The van der Waals surface area contributed by atoms with Crippen molar-refractivity contribution in [3.63, 3.8) is 0 Å². The summed E-state index contributed by atoms with van der Waals surface area (Å²) in [5.41, 5.74) is 1.16. The molecule has 0 spiro atoms. The largest absolute Gasteiger partial charge is 0.493 e. The molecule has 0 radical (unpaired) electrons. The average Bonchev–Trinajstić information content (AvgIpc) is 3.39. The van der Waals surface area contributed by atoms with Gasteiger partial charge in [0.2, 0.25) is 0 Å². The number of ether oxygens (including phenoxy) is 2. The molecule has 1 aromatic heterocycles. The second kappa shape index (κ2) is 11.0. The molecule has 1 aromatic carbocycles. The third-order valence-electron chi connectivity index (χ3n) is 8.21. The van der Waals surface area contributed by atoms with E-state index in [1.54, 1.807) is 14.2 Å². The van der Waals surface area contributed by atoms with Crippen LogP contribution in [0.4, 0.5) is 0 Å². The van der Waals surface area contributed by atoms with E-state index in [9.17, 15) is 0 Å². The highest BCUT2D eigenvalue weighted by Crippen LogP contribution is 2.37. The number of aromatic nitrogens is 4. The lowest BCUT2D eigenvalue weighted by Crippen LogP contribution is -2.52. The van der Waals surface area contributed by atoms with Gasteiger partial charge in [0, 0.05) is 32.2 Å². The molecule has 0 unspecified atom stereocenters. The van der Waals surface area contributed by atoms with Crippen molar-refractivity contribution in [3.05, 3.63) is 29.6 Å². The van der Waals surface area contributed by atoms with Gasteiger partial charge in [0.05, 0.1) is 26.3 Å². The number of hydrogen-bond donors (Lipinski definition) is 0. The summed E-state index contributed by atoms with van der Waals surface area (Å²) in [5, 5.41) is 13.3. The molecule has 2 heterocycles. The SMILES string of the molecule is COc1ccc([C@@H](c2nnnn2C2CCCCC2)N2CCN(C3CCCCC3)CC2)cc1OC. The van der Waals surface area contributed by atoms with Crippen LogP contribution in [0.2, 0.25) is 0 Å². The summed E-state index contributed by atoms with van der Waals surface area (Å²) in [7, 11) is 3.38. The monoisotopic (exact) mass is 468 g/mol. The Morgan fingerprint density at radius 2 is 1.44 bits per heavy atom. The van der Waals surface area contributed by atoms with Gasteiger partial charge in [-0.25, -0.2) is 4.68 Å². The topological polar surface area (TPSA) is 68.5 Å². The first-order chi connectivity index (χ1) is 16.8. The van der Waals surface area contributed by atoms with Crippen molar-refractivity contribution in [2.45, 2.75) is 82.3 Å². The summed E-state index contributed by atoms with van der Waals surface area (Å²) >= 11 is 0. The summed E-state index contributed by atoms with van der Waals surface area (Å²) < 4.78 is 13.3. The molecule has 2 aromatic rings. The fraction of sp³-hybridized carbons (Fsp3) is 0.731. The van der Waals surface area contributed by atoms with Gasteiger partial charge in [0.1, 0.15) is 0 Å². The Labute approximate surface area is 203 Å². The Morgan fingerprint density at radius 1 is 0.794 bits per heavy atom. The van der Waals surface area contributed by atoms with Crippen molar-refractivity contribution in [2.75, 3.05) is 40.4 Å². The first-order valence-corrected chi connectivity index (χ1v) is 13.3. The summed E-state index contributed by atoms with van der Waals surface area (Å²) in [6.45, 7) is 4.26. The lowest BCUT2D eigenvalue weighted by Gasteiger charge is -2.43. The first kappa shape index (κ1) is 23.5. The van der Waals surface area contributed by atoms with E-state index in [1.165, 1.54) is 51.4 Å². The molecule has 1 atom stereocenters. The maximum atomic E-state index is 5.66. The van der Waals surface area contributed by atoms with Crippen molar-refractivity contribution >= 4 is 0 Å². The van der Waals surface area contributed by atoms with Gasteiger partial charge in [-0.1, -0.05) is 44.6 Å². The van der Waals surface area contributed by atoms with Crippen LogP contribution in [0, 0.1) is 0 Å². The third kappa shape index (κ3) is 4.93. The minimum absolute atomic E-state index is 0.00485. The van der Waals surface area contributed by atoms with Crippen molar-refractivity contribution in [1.29, 1.82) is 0 Å². The molecule has 2 saturated carbocycles. The van der Waals surface area contributed by atoms with Crippen LogP contribution in [-0.4, -0.2) is 76.4 Å². The number of hydrogen-bond acceptors (Lipinski definition) is 7. The molecule has 1 saturated heterocycles. The van der Waals surface area contributed by atoms with Crippen LogP contribution in [0.3, 0.4) is 0 Å². The normalized spacial score (nSPS) is 22.5. The van der Waals surface area contributed by atoms with E-state index in [1.807, 2.05) is 6.07 Å². The molecule has 3 aliphatic rings. The second-order valence-corrected chi connectivity index (χ2v) is 10.2. The van der Waals surface area contributed by atoms with E-state index < -0.39 is 0 Å². The van der Waals surface area contributed by atoms with Gasteiger partial charge in [-0.2, -0.15) is 0 Å². The zero-order valence-corrected chi connectivity index (χ0v) is 20.9. The number of methoxy groups -OCH3 is 2. The predicted octanol–water partition coefficient (Wildman–Crippen LogP) is 4.24. The maximum absolute atomic E-state index is 5.66. The molecule has 186 valence electrons. The van der Waals surface area contributed by atoms with Crippen molar-refractivity contribution in [1.82, 2.24) is 30.0 Å². The van der Waals surface area contributed by atoms with Gasteiger partial charge in [-0.3, -0.25) is 9.80 Å². The van der Waals surface area contributed by atoms with Crippen molar-refractivity contribution < 1.29 is 9.47 Å².